The first-order valence-electron chi connectivity index (χ1n) is 7.42. The average Bonchev–Trinajstić information content (AvgIpc) is 3.10. The number of carbonyl (C=O) groups excluding carboxylic acids is 2. The van der Waals surface area contributed by atoms with Gasteiger partial charge in [0.1, 0.15) is 11.2 Å². The van der Waals surface area contributed by atoms with E-state index in [9.17, 15) is 9.59 Å². The van der Waals surface area contributed by atoms with Crippen LogP contribution in [0.15, 0.2) is 11.5 Å². The number of hydrogen-bond acceptors (Lipinski definition) is 8. The van der Waals surface area contributed by atoms with Gasteiger partial charge in [0.05, 0.1) is 17.6 Å². The second-order valence-corrected chi connectivity index (χ2v) is 7.05. The zero-order valence-corrected chi connectivity index (χ0v) is 15.5. The van der Waals surface area contributed by atoms with Crippen LogP contribution in [0.1, 0.15) is 35.6 Å². The number of thiazole rings is 1. The number of hydrogen-bond donors (Lipinski definition) is 1. The van der Waals surface area contributed by atoms with Gasteiger partial charge in [-0.15, -0.1) is 10.2 Å². The van der Waals surface area contributed by atoms with Gasteiger partial charge in [-0.3, -0.25) is 4.79 Å². The number of aryl methyl sites for hydroxylation is 2. The standard InChI is InChI=1S/C14H19N5O3S2/c1-5-9(23-14-18-15-7-19(14)4)11(20)17-13-16-8(3)10(24-13)12(21)22-6-2/h7,9H,5-6H2,1-4H3,(H,16,17,20)/t9-/m0/s1. The Balaban J connectivity index is 2.06. The number of amides is 1. The van der Waals surface area contributed by atoms with E-state index in [1.54, 1.807) is 24.7 Å². The van der Waals surface area contributed by atoms with Gasteiger partial charge in [-0.1, -0.05) is 30.0 Å². The van der Waals surface area contributed by atoms with Crippen LogP contribution in [0.3, 0.4) is 0 Å². The van der Waals surface area contributed by atoms with E-state index >= 15 is 0 Å². The van der Waals surface area contributed by atoms with Gasteiger partial charge in [-0.2, -0.15) is 0 Å². The lowest BCUT2D eigenvalue weighted by molar-refractivity contribution is -0.115. The van der Waals surface area contributed by atoms with Crippen molar-refractivity contribution in [3.05, 3.63) is 16.9 Å². The highest BCUT2D eigenvalue weighted by Crippen LogP contribution is 2.27. The number of rotatable bonds is 7. The molecule has 2 aromatic rings. The predicted molar refractivity (Wildman–Crippen MR) is 92.4 cm³/mol. The van der Waals surface area contributed by atoms with Gasteiger partial charge in [0.15, 0.2) is 10.3 Å². The van der Waals surface area contributed by atoms with Crippen LogP contribution in [0.4, 0.5) is 5.13 Å². The van der Waals surface area contributed by atoms with E-state index in [0.717, 1.165) is 11.3 Å². The molecule has 2 aromatic heterocycles. The van der Waals surface area contributed by atoms with Crippen LogP contribution in [0, 0.1) is 6.92 Å². The molecular formula is C14H19N5O3S2. The molecular weight excluding hydrogens is 350 g/mol. The molecule has 10 heteroatoms. The molecule has 0 aliphatic carbocycles. The van der Waals surface area contributed by atoms with Gasteiger partial charge < -0.3 is 14.6 Å². The molecule has 0 aliphatic rings. The number of nitrogens with one attached hydrogen (secondary N) is 1. The summed E-state index contributed by atoms with van der Waals surface area (Å²) in [6.45, 7) is 5.67. The molecule has 0 bridgehead atoms. The normalized spacial score (nSPS) is 12.0. The first kappa shape index (κ1) is 18.4. The summed E-state index contributed by atoms with van der Waals surface area (Å²) in [5.74, 6) is -0.608. The molecule has 0 saturated heterocycles. The molecule has 0 unspecified atom stereocenters. The molecule has 0 saturated carbocycles. The highest BCUT2D eigenvalue weighted by Gasteiger charge is 2.23. The van der Waals surface area contributed by atoms with Crippen molar-refractivity contribution in [3.8, 4) is 0 Å². The van der Waals surface area contributed by atoms with E-state index in [2.05, 4.69) is 20.5 Å². The van der Waals surface area contributed by atoms with Gasteiger partial charge in [0.25, 0.3) is 0 Å². The summed E-state index contributed by atoms with van der Waals surface area (Å²) in [6, 6.07) is 0. The molecule has 130 valence electrons. The van der Waals surface area contributed by atoms with Crippen molar-refractivity contribution in [2.75, 3.05) is 11.9 Å². The summed E-state index contributed by atoms with van der Waals surface area (Å²) in [4.78, 5) is 28.9. The Hall–Kier alpha value is -1.94. The zero-order valence-electron chi connectivity index (χ0n) is 13.9. The topological polar surface area (TPSA) is 99.0 Å². The Labute approximate surface area is 148 Å². The van der Waals surface area contributed by atoms with E-state index in [1.165, 1.54) is 11.8 Å². The Morgan fingerprint density at radius 1 is 1.46 bits per heavy atom. The summed E-state index contributed by atoms with van der Waals surface area (Å²) < 4.78 is 6.73. The van der Waals surface area contributed by atoms with Crippen LogP contribution in [0.5, 0.6) is 0 Å². The summed E-state index contributed by atoms with van der Waals surface area (Å²) in [5.41, 5.74) is 0.544. The maximum absolute atomic E-state index is 12.5. The Bertz CT molecular complexity index is 728. The number of carbonyl (C=O) groups is 2. The van der Waals surface area contributed by atoms with Crippen molar-refractivity contribution in [2.24, 2.45) is 7.05 Å². The second-order valence-electron chi connectivity index (χ2n) is 4.88. The minimum atomic E-state index is -0.423. The number of aromatic nitrogens is 4. The van der Waals surface area contributed by atoms with Crippen LogP contribution in [0.25, 0.3) is 0 Å². The summed E-state index contributed by atoms with van der Waals surface area (Å²) in [5, 5.41) is 11.3. The first-order chi connectivity index (χ1) is 11.5. The van der Waals surface area contributed by atoms with Crippen molar-refractivity contribution in [1.82, 2.24) is 19.7 Å². The highest BCUT2D eigenvalue weighted by molar-refractivity contribution is 8.00. The molecule has 2 heterocycles. The monoisotopic (exact) mass is 369 g/mol. The minimum absolute atomic E-state index is 0.186. The smallest absolute Gasteiger partial charge is 0.350 e. The molecule has 0 aromatic carbocycles. The van der Waals surface area contributed by atoms with E-state index in [0.29, 0.717) is 33.9 Å². The van der Waals surface area contributed by atoms with Crippen LogP contribution in [-0.2, 0) is 16.6 Å². The van der Waals surface area contributed by atoms with Crippen molar-refractivity contribution in [1.29, 1.82) is 0 Å². The third-order valence-electron chi connectivity index (χ3n) is 3.07. The number of thioether (sulfide) groups is 1. The summed E-state index contributed by atoms with van der Waals surface area (Å²) in [6.07, 6.45) is 2.21. The van der Waals surface area contributed by atoms with Gasteiger partial charge in [-0.05, 0) is 20.3 Å². The molecule has 1 N–H and O–H groups in total. The SMILES string of the molecule is CCOC(=O)c1sc(NC(=O)[C@H](CC)Sc2nncn2C)nc1C. The maximum Gasteiger partial charge on any atom is 0.350 e. The molecule has 0 spiro atoms. The molecule has 0 aliphatic heterocycles. The van der Waals surface area contributed by atoms with Crippen molar-refractivity contribution in [2.45, 2.75) is 37.6 Å². The molecule has 8 nitrogen and oxygen atoms in total. The summed E-state index contributed by atoms with van der Waals surface area (Å²) in [7, 11) is 1.82. The van der Waals surface area contributed by atoms with Gasteiger partial charge in [-0.25, -0.2) is 9.78 Å². The lowest BCUT2D eigenvalue weighted by Crippen LogP contribution is -2.24. The highest BCUT2D eigenvalue weighted by atomic mass is 32.2. The van der Waals surface area contributed by atoms with E-state index in [4.69, 9.17) is 4.74 Å². The molecule has 0 radical (unpaired) electrons. The van der Waals surface area contributed by atoms with E-state index in [1.807, 2.05) is 14.0 Å². The second kappa shape index (κ2) is 8.25. The number of anilines is 1. The molecule has 1 amide bonds. The predicted octanol–water partition coefficient (Wildman–Crippen LogP) is 2.27. The lowest BCUT2D eigenvalue weighted by atomic mass is 10.3. The Kier molecular flexibility index (Phi) is 6.32. The van der Waals surface area contributed by atoms with E-state index in [-0.39, 0.29) is 11.2 Å². The number of ether oxygens (including phenoxy) is 1. The minimum Gasteiger partial charge on any atom is -0.462 e. The fourth-order valence-electron chi connectivity index (χ4n) is 1.85. The third-order valence-corrected chi connectivity index (χ3v) is 5.53. The van der Waals surface area contributed by atoms with Gasteiger partial charge >= 0.3 is 5.97 Å². The van der Waals surface area contributed by atoms with Crippen molar-refractivity contribution >= 4 is 40.1 Å². The van der Waals surface area contributed by atoms with E-state index < -0.39 is 5.97 Å². The largest absolute Gasteiger partial charge is 0.462 e. The maximum atomic E-state index is 12.5. The third kappa shape index (κ3) is 4.32. The number of esters is 1. The summed E-state index contributed by atoms with van der Waals surface area (Å²) >= 11 is 2.45. The van der Waals surface area contributed by atoms with Crippen LogP contribution < -0.4 is 5.32 Å². The molecule has 0 fully saturated rings. The van der Waals surface area contributed by atoms with Crippen molar-refractivity contribution in [3.63, 3.8) is 0 Å². The zero-order chi connectivity index (χ0) is 17.7. The first-order valence-corrected chi connectivity index (χ1v) is 9.11. The fourth-order valence-corrected chi connectivity index (χ4v) is 3.61. The Morgan fingerprint density at radius 3 is 2.79 bits per heavy atom. The Morgan fingerprint density at radius 2 is 2.21 bits per heavy atom. The fraction of sp³-hybridized carbons (Fsp3) is 0.500. The molecule has 24 heavy (non-hydrogen) atoms. The van der Waals surface area contributed by atoms with Crippen molar-refractivity contribution < 1.29 is 14.3 Å². The van der Waals surface area contributed by atoms with Gasteiger partial charge in [0, 0.05) is 7.05 Å². The van der Waals surface area contributed by atoms with Gasteiger partial charge in [0.2, 0.25) is 5.91 Å². The average molecular weight is 369 g/mol. The van der Waals surface area contributed by atoms with Crippen LogP contribution in [-0.4, -0.2) is 43.5 Å². The lowest BCUT2D eigenvalue weighted by Gasteiger charge is -2.12. The molecule has 1 atom stereocenters. The van der Waals surface area contributed by atoms with Crippen LogP contribution in [0.2, 0.25) is 0 Å². The van der Waals surface area contributed by atoms with Crippen LogP contribution >= 0.6 is 23.1 Å². The number of nitrogens with zero attached hydrogens (tertiary/aromatic N) is 4. The quantitative estimate of drug-likeness (QED) is 0.590. The molecule has 2 rings (SSSR count).